The summed E-state index contributed by atoms with van der Waals surface area (Å²) in [4.78, 5) is 6.77. The van der Waals surface area contributed by atoms with Crippen LogP contribution in [-0.4, -0.2) is 26.3 Å². The zero-order valence-electron chi connectivity index (χ0n) is 17.6. The van der Waals surface area contributed by atoms with Crippen LogP contribution in [0.1, 0.15) is 22.9 Å². The Morgan fingerprint density at radius 2 is 1.60 bits per heavy atom. The van der Waals surface area contributed by atoms with Gasteiger partial charge in [0.2, 0.25) is 5.75 Å². The highest BCUT2D eigenvalue weighted by Crippen LogP contribution is 2.43. The van der Waals surface area contributed by atoms with Crippen LogP contribution in [0.25, 0.3) is 10.9 Å². The van der Waals surface area contributed by atoms with Gasteiger partial charge in [-0.15, -0.1) is 0 Å². The van der Waals surface area contributed by atoms with Crippen molar-refractivity contribution in [3.63, 3.8) is 0 Å². The molecule has 1 atom stereocenters. The summed E-state index contributed by atoms with van der Waals surface area (Å²) < 4.78 is 16.7. The van der Waals surface area contributed by atoms with Crippen LogP contribution in [0.2, 0.25) is 0 Å². The van der Waals surface area contributed by atoms with Crippen LogP contribution < -0.4 is 24.5 Å². The molecule has 0 bridgehead atoms. The van der Waals surface area contributed by atoms with E-state index in [1.54, 1.807) is 21.3 Å². The van der Waals surface area contributed by atoms with Crippen molar-refractivity contribution in [2.24, 2.45) is 0 Å². The lowest BCUT2D eigenvalue weighted by Gasteiger charge is -2.19. The summed E-state index contributed by atoms with van der Waals surface area (Å²) in [6.07, 6.45) is 1.90. The summed E-state index contributed by atoms with van der Waals surface area (Å²) in [5.74, 6) is 2.71. The van der Waals surface area contributed by atoms with Gasteiger partial charge in [0.1, 0.15) is 6.04 Å². The second-order valence-electron chi connectivity index (χ2n) is 7.02. The molecule has 6 heteroatoms. The van der Waals surface area contributed by atoms with Crippen molar-refractivity contribution in [1.29, 1.82) is 0 Å². The average molecular weight is 404 g/mol. The Morgan fingerprint density at radius 1 is 0.900 bits per heavy atom. The van der Waals surface area contributed by atoms with Crippen LogP contribution in [0, 0.1) is 6.92 Å². The van der Waals surface area contributed by atoms with Gasteiger partial charge in [-0.25, -0.2) is 4.98 Å². The number of ether oxygens (including phenoxy) is 3. The number of aromatic amines is 2. The Kier molecular flexibility index (Phi) is 5.48. The maximum Gasteiger partial charge on any atom is 0.272 e. The summed E-state index contributed by atoms with van der Waals surface area (Å²) in [5.41, 5.74) is 4.35. The molecule has 3 N–H and O–H groups in total. The molecule has 2 heterocycles. The van der Waals surface area contributed by atoms with Crippen molar-refractivity contribution in [3.05, 3.63) is 77.6 Å². The maximum atomic E-state index is 5.61. The van der Waals surface area contributed by atoms with Crippen molar-refractivity contribution in [1.82, 2.24) is 4.98 Å². The second-order valence-corrected chi connectivity index (χ2v) is 7.02. The topological polar surface area (TPSA) is 69.7 Å². The fraction of sp³-hybridized carbons (Fsp3) is 0.208. The number of nitrogens with one attached hydrogen (secondary N) is 3. The van der Waals surface area contributed by atoms with E-state index in [0.29, 0.717) is 17.2 Å². The summed E-state index contributed by atoms with van der Waals surface area (Å²) in [6, 6.07) is 18.1. The molecule has 6 nitrogen and oxygen atoms in total. The summed E-state index contributed by atoms with van der Waals surface area (Å²) in [5, 5.41) is 4.81. The number of hydrogen-bond acceptors (Lipinski definition) is 4. The lowest BCUT2D eigenvalue weighted by atomic mass is 9.95. The zero-order chi connectivity index (χ0) is 21.1. The molecular formula is C24H26N3O3+. The van der Waals surface area contributed by atoms with Gasteiger partial charge < -0.3 is 19.2 Å². The van der Waals surface area contributed by atoms with E-state index in [4.69, 9.17) is 14.2 Å². The van der Waals surface area contributed by atoms with Gasteiger partial charge in [-0.3, -0.25) is 5.32 Å². The first-order valence-electron chi connectivity index (χ1n) is 9.76. The minimum Gasteiger partial charge on any atom is -0.493 e. The van der Waals surface area contributed by atoms with Crippen LogP contribution in [0.4, 0.5) is 5.82 Å². The predicted molar refractivity (Wildman–Crippen MR) is 118 cm³/mol. The molecule has 4 aromatic rings. The van der Waals surface area contributed by atoms with E-state index in [9.17, 15) is 0 Å². The Balaban J connectivity index is 1.93. The van der Waals surface area contributed by atoms with Gasteiger partial charge in [0, 0.05) is 33.8 Å². The molecule has 30 heavy (non-hydrogen) atoms. The smallest absolute Gasteiger partial charge is 0.272 e. The number of methoxy groups -OCH3 is 3. The van der Waals surface area contributed by atoms with E-state index in [1.165, 1.54) is 0 Å². The van der Waals surface area contributed by atoms with Crippen LogP contribution in [0.15, 0.2) is 60.8 Å². The molecule has 0 radical (unpaired) electrons. The molecule has 154 valence electrons. The van der Waals surface area contributed by atoms with Crippen molar-refractivity contribution in [2.45, 2.75) is 13.0 Å². The fourth-order valence-corrected chi connectivity index (χ4v) is 3.90. The molecule has 0 saturated carbocycles. The number of aryl methyl sites for hydroxylation is 1. The number of fused-ring (bicyclic) bond motifs is 1. The van der Waals surface area contributed by atoms with Crippen molar-refractivity contribution >= 4 is 16.7 Å². The standard InChI is InChI=1S/C24H25N3O3/c1-15-22(17-9-5-6-10-18(17)26-15)23(27-21-11-7-8-12-25-21)16-13-19(28-2)24(30-4)20(14-16)29-3/h5-14,23,26H,1-4H3,(H,25,27)/p+1/t23-/m0/s1. The molecule has 0 aliphatic heterocycles. The van der Waals surface area contributed by atoms with Crippen molar-refractivity contribution in [3.8, 4) is 17.2 Å². The molecule has 0 aliphatic carbocycles. The molecule has 2 aromatic carbocycles. The zero-order valence-corrected chi connectivity index (χ0v) is 17.6. The largest absolute Gasteiger partial charge is 0.493 e. The van der Waals surface area contributed by atoms with Gasteiger partial charge >= 0.3 is 0 Å². The van der Waals surface area contributed by atoms with E-state index >= 15 is 0 Å². The Hall–Kier alpha value is -3.67. The van der Waals surface area contributed by atoms with Crippen molar-refractivity contribution in [2.75, 3.05) is 26.6 Å². The molecule has 0 aliphatic rings. The number of benzene rings is 2. The average Bonchev–Trinajstić information content (AvgIpc) is 3.12. The molecule has 0 unspecified atom stereocenters. The molecule has 0 amide bonds. The number of pyridine rings is 1. The van der Waals surface area contributed by atoms with E-state index in [0.717, 1.165) is 33.5 Å². The third-order valence-corrected chi connectivity index (χ3v) is 5.26. The monoisotopic (exact) mass is 404 g/mol. The van der Waals surface area contributed by atoms with Crippen LogP contribution >= 0.6 is 0 Å². The van der Waals surface area contributed by atoms with Gasteiger partial charge in [0.05, 0.1) is 27.5 Å². The lowest BCUT2D eigenvalue weighted by molar-refractivity contribution is -0.361. The van der Waals surface area contributed by atoms with Gasteiger partial charge in [-0.1, -0.05) is 24.3 Å². The maximum absolute atomic E-state index is 5.61. The van der Waals surface area contributed by atoms with E-state index in [2.05, 4.69) is 40.4 Å². The van der Waals surface area contributed by atoms with E-state index in [1.807, 2.05) is 42.6 Å². The number of H-pyrrole nitrogens is 2. The van der Waals surface area contributed by atoms with Gasteiger partial charge in [0.25, 0.3) is 5.82 Å². The highest BCUT2D eigenvalue weighted by Gasteiger charge is 2.28. The van der Waals surface area contributed by atoms with Gasteiger partial charge in [-0.2, -0.15) is 0 Å². The van der Waals surface area contributed by atoms with Gasteiger partial charge in [0.15, 0.2) is 11.5 Å². The van der Waals surface area contributed by atoms with Crippen LogP contribution in [0.3, 0.4) is 0 Å². The van der Waals surface area contributed by atoms with Crippen LogP contribution in [0.5, 0.6) is 17.2 Å². The summed E-state index contributed by atoms with van der Waals surface area (Å²) in [7, 11) is 4.87. The Morgan fingerprint density at radius 3 is 2.23 bits per heavy atom. The highest BCUT2D eigenvalue weighted by atomic mass is 16.5. The number of rotatable bonds is 7. The van der Waals surface area contributed by atoms with Crippen molar-refractivity contribution < 1.29 is 19.2 Å². The Labute approximate surface area is 175 Å². The van der Waals surface area contributed by atoms with Crippen LogP contribution in [-0.2, 0) is 0 Å². The molecule has 2 aromatic heterocycles. The number of hydrogen-bond donors (Lipinski definition) is 2. The normalized spacial score (nSPS) is 11.9. The van der Waals surface area contributed by atoms with E-state index < -0.39 is 0 Å². The third kappa shape index (κ3) is 3.52. The number of anilines is 1. The molecule has 0 fully saturated rings. The first-order chi connectivity index (χ1) is 14.7. The van der Waals surface area contributed by atoms with Gasteiger partial charge in [-0.05, 0) is 31.2 Å². The third-order valence-electron chi connectivity index (χ3n) is 5.26. The fourth-order valence-electron chi connectivity index (χ4n) is 3.90. The predicted octanol–water partition coefficient (Wildman–Crippen LogP) is 4.52. The first kappa shape index (κ1) is 19.6. The summed E-state index contributed by atoms with van der Waals surface area (Å²) >= 11 is 0. The lowest BCUT2D eigenvalue weighted by Crippen LogP contribution is -2.19. The quantitative estimate of drug-likeness (QED) is 0.475. The second kappa shape index (κ2) is 8.37. The SMILES string of the molecule is COc1cc([C@H](Nc2cccc[nH+]2)c2c(C)[nH]c3ccccc23)cc(OC)c1OC. The molecule has 4 rings (SSSR count). The minimum atomic E-state index is -0.159. The molecular weight excluding hydrogens is 378 g/mol. The molecule has 0 spiro atoms. The number of aromatic nitrogens is 2. The van der Waals surface area contributed by atoms with E-state index in [-0.39, 0.29) is 6.04 Å². The minimum absolute atomic E-state index is 0.159. The Bertz CT molecular complexity index is 1130. The highest BCUT2D eigenvalue weighted by molar-refractivity contribution is 5.86. The number of para-hydroxylation sites is 1. The summed E-state index contributed by atoms with van der Waals surface area (Å²) in [6.45, 7) is 2.09. The molecule has 0 saturated heterocycles. The first-order valence-corrected chi connectivity index (χ1v) is 9.76.